The normalized spacial score (nSPS) is 38.6. The topological polar surface area (TPSA) is 46.3 Å². The highest BCUT2D eigenvalue weighted by atomic mass is 16.2. The summed E-state index contributed by atoms with van der Waals surface area (Å²) in [6, 6.07) is 0.536. The van der Waals surface area contributed by atoms with Gasteiger partial charge in [-0.1, -0.05) is 6.42 Å². The Morgan fingerprint density at radius 2 is 2.11 bits per heavy atom. The second-order valence-electron chi connectivity index (χ2n) is 6.59. The minimum atomic E-state index is 0.295. The van der Waals surface area contributed by atoms with E-state index in [-0.39, 0.29) is 0 Å². The Bertz CT molecular complexity index is 318. The smallest absolute Gasteiger partial charge is 0.224 e. The average Bonchev–Trinajstić information content (AvgIpc) is 3.04. The Kier molecular flexibility index (Phi) is 3.60. The van der Waals surface area contributed by atoms with Crippen LogP contribution < -0.4 is 5.73 Å². The minimum absolute atomic E-state index is 0.295. The monoisotopic (exact) mass is 250 g/mol. The van der Waals surface area contributed by atoms with E-state index in [0.717, 1.165) is 24.3 Å². The van der Waals surface area contributed by atoms with Gasteiger partial charge in [-0.05, 0) is 56.3 Å². The quantitative estimate of drug-likeness (QED) is 0.831. The average molecular weight is 250 g/mol. The fraction of sp³-hybridized carbons (Fsp3) is 0.933. The molecule has 0 aromatic rings. The largest absolute Gasteiger partial charge is 0.340 e. The van der Waals surface area contributed by atoms with Gasteiger partial charge in [-0.25, -0.2) is 0 Å². The second-order valence-corrected chi connectivity index (χ2v) is 6.59. The molecule has 3 heteroatoms. The number of hydrogen-bond acceptors (Lipinski definition) is 2. The molecular formula is C15H26N2O. The van der Waals surface area contributed by atoms with Crippen LogP contribution in [0.3, 0.4) is 0 Å². The van der Waals surface area contributed by atoms with Gasteiger partial charge in [0.05, 0.1) is 0 Å². The number of nitrogens with two attached hydrogens (primary N) is 1. The molecule has 2 saturated carbocycles. The molecule has 0 unspecified atom stereocenters. The van der Waals surface area contributed by atoms with Crippen molar-refractivity contribution < 1.29 is 4.79 Å². The summed E-state index contributed by atoms with van der Waals surface area (Å²) in [5.41, 5.74) is 5.51. The molecule has 18 heavy (non-hydrogen) atoms. The standard InChI is InChI=1S/C15H26N2O/c16-6-5-15(18)17-7-1-2-14(17)10-13-9-11-3-4-12(13)8-11/h11-14H,1-10,16H2/t11-,12-,13-,14+/m0/s1. The predicted octanol–water partition coefficient (Wildman–Crippen LogP) is 2.15. The van der Waals surface area contributed by atoms with E-state index in [2.05, 4.69) is 4.90 Å². The lowest BCUT2D eigenvalue weighted by Gasteiger charge is -2.30. The molecule has 0 aromatic heterocycles. The van der Waals surface area contributed by atoms with Crippen molar-refractivity contribution in [3.05, 3.63) is 0 Å². The van der Waals surface area contributed by atoms with Crippen LogP contribution in [0.4, 0.5) is 0 Å². The van der Waals surface area contributed by atoms with E-state index >= 15 is 0 Å². The van der Waals surface area contributed by atoms with E-state index in [1.807, 2.05) is 0 Å². The maximum absolute atomic E-state index is 12.0. The zero-order valence-corrected chi connectivity index (χ0v) is 11.3. The summed E-state index contributed by atoms with van der Waals surface area (Å²) in [6.07, 6.45) is 10.1. The van der Waals surface area contributed by atoms with Gasteiger partial charge in [0.2, 0.25) is 5.91 Å². The Hall–Kier alpha value is -0.570. The zero-order chi connectivity index (χ0) is 12.5. The van der Waals surface area contributed by atoms with Crippen LogP contribution in [0, 0.1) is 17.8 Å². The molecule has 3 fully saturated rings. The van der Waals surface area contributed by atoms with Crippen LogP contribution in [0.25, 0.3) is 0 Å². The van der Waals surface area contributed by atoms with Crippen LogP contribution in [-0.2, 0) is 4.79 Å². The number of carbonyl (C=O) groups excluding carboxylic acids is 1. The third-order valence-corrected chi connectivity index (χ3v) is 5.52. The Balaban J connectivity index is 1.56. The Labute approximate surface area is 110 Å². The lowest BCUT2D eigenvalue weighted by atomic mass is 9.83. The summed E-state index contributed by atoms with van der Waals surface area (Å²) < 4.78 is 0. The number of carbonyl (C=O) groups is 1. The van der Waals surface area contributed by atoms with E-state index in [9.17, 15) is 4.79 Å². The van der Waals surface area contributed by atoms with Gasteiger partial charge in [0.15, 0.2) is 0 Å². The molecule has 1 aliphatic heterocycles. The van der Waals surface area contributed by atoms with Gasteiger partial charge in [-0.3, -0.25) is 4.79 Å². The van der Waals surface area contributed by atoms with Crippen LogP contribution in [0.5, 0.6) is 0 Å². The van der Waals surface area contributed by atoms with E-state index in [1.165, 1.54) is 44.9 Å². The third-order valence-electron chi connectivity index (χ3n) is 5.52. The van der Waals surface area contributed by atoms with E-state index in [0.29, 0.717) is 24.9 Å². The molecule has 2 aliphatic carbocycles. The Morgan fingerprint density at radius 1 is 1.22 bits per heavy atom. The van der Waals surface area contributed by atoms with Crippen molar-refractivity contribution in [2.75, 3.05) is 13.1 Å². The molecule has 3 aliphatic rings. The molecule has 2 N–H and O–H groups in total. The molecule has 3 nitrogen and oxygen atoms in total. The van der Waals surface area contributed by atoms with Gasteiger partial charge in [0, 0.05) is 25.6 Å². The SMILES string of the molecule is NCCC(=O)N1CCC[C@@H]1C[C@@H]1C[C@H]2CC[C@H]1C2. The van der Waals surface area contributed by atoms with Crippen molar-refractivity contribution in [2.24, 2.45) is 23.5 Å². The lowest BCUT2D eigenvalue weighted by molar-refractivity contribution is -0.132. The first-order valence-corrected chi connectivity index (χ1v) is 7.77. The van der Waals surface area contributed by atoms with E-state index < -0.39 is 0 Å². The number of hydrogen-bond donors (Lipinski definition) is 1. The van der Waals surface area contributed by atoms with Gasteiger partial charge < -0.3 is 10.6 Å². The molecule has 4 atom stereocenters. The van der Waals surface area contributed by atoms with Gasteiger partial charge in [-0.2, -0.15) is 0 Å². The summed E-state index contributed by atoms with van der Waals surface area (Å²) >= 11 is 0. The zero-order valence-electron chi connectivity index (χ0n) is 11.3. The fourth-order valence-electron chi connectivity index (χ4n) is 4.69. The van der Waals surface area contributed by atoms with Gasteiger partial charge in [0.1, 0.15) is 0 Å². The van der Waals surface area contributed by atoms with Crippen LogP contribution >= 0.6 is 0 Å². The Morgan fingerprint density at radius 3 is 2.78 bits per heavy atom. The summed E-state index contributed by atoms with van der Waals surface area (Å²) in [7, 11) is 0. The number of likely N-dealkylation sites (tertiary alicyclic amines) is 1. The summed E-state index contributed by atoms with van der Waals surface area (Å²) in [6.45, 7) is 1.47. The molecule has 1 heterocycles. The van der Waals surface area contributed by atoms with Crippen molar-refractivity contribution in [1.82, 2.24) is 4.90 Å². The van der Waals surface area contributed by atoms with Crippen LogP contribution in [0.2, 0.25) is 0 Å². The fourth-order valence-corrected chi connectivity index (χ4v) is 4.69. The van der Waals surface area contributed by atoms with Gasteiger partial charge in [-0.15, -0.1) is 0 Å². The molecule has 102 valence electrons. The first kappa shape index (κ1) is 12.5. The molecule has 2 bridgehead atoms. The van der Waals surface area contributed by atoms with Crippen molar-refractivity contribution >= 4 is 5.91 Å². The maximum Gasteiger partial charge on any atom is 0.224 e. The highest BCUT2D eigenvalue weighted by Gasteiger charge is 2.41. The van der Waals surface area contributed by atoms with Crippen LogP contribution in [0.1, 0.15) is 51.4 Å². The highest BCUT2D eigenvalue weighted by Crippen LogP contribution is 2.50. The van der Waals surface area contributed by atoms with Crippen molar-refractivity contribution in [1.29, 1.82) is 0 Å². The molecule has 1 saturated heterocycles. The highest BCUT2D eigenvalue weighted by molar-refractivity contribution is 5.77. The first-order chi connectivity index (χ1) is 8.78. The molecule has 1 amide bonds. The minimum Gasteiger partial charge on any atom is -0.340 e. The summed E-state index contributed by atoms with van der Waals surface area (Å²) in [5, 5.41) is 0. The third kappa shape index (κ3) is 2.29. The van der Waals surface area contributed by atoms with Crippen LogP contribution in [-0.4, -0.2) is 29.9 Å². The summed E-state index contributed by atoms with van der Waals surface area (Å²) in [5.74, 6) is 3.22. The first-order valence-electron chi connectivity index (χ1n) is 7.77. The molecule has 0 aromatic carbocycles. The van der Waals surface area contributed by atoms with Crippen LogP contribution in [0.15, 0.2) is 0 Å². The molecule has 0 radical (unpaired) electrons. The van der Waals surface area contributed by atoms with Gasteiger partial charge >= 0.3 is 0 Å². The molecule has 3 rings (SSSR count). The van der Waals surface area contributed by atoms with Gasteiger partial charge in [0.25, 0.3) is 0 Å². The second kappa shape index (κ2) is 5.20. The predicted molar refractivity (Wildman–Crippen MR) is 72.0 cm³/mol. The van der Waals surface area contributed by atoms with E-state index in [1.54, 1.807) is 0 Å². The molecular weight excluding hydrogens is 224 g/mol. The number of nitrogens with zero attached hydrogens (tertiary/aromatic N) is 1. The summed E-state index contributed by atoms with van der Waals surface area (Å²) in [4.78, 5) is 14.2. The van der Waals surface area contributed by atoms with E-state index in [4.69, 9.17) is 5.73 Å². The maximum atomic E-state index is 12.0. The van der Waals surface area contributed by atoms with Crippen molar-refractivity contribution in [3.63, 3.8) is 0 Å². The molecule has 0 spiro atoms. The number of fused-ring (bicyclic) bond motifs is 2. The lowest BCUT2D eigenvalue weighted by Crippen LogP contribution is -2.38. The number of amides is 1. The van der Waals surface area contributed by atoms with Crippen molar-refractivity contribution in [3.8, 4) is 0 Å². The van der Waals surface area contributed by atoms with Crippen molar-refractivity contribution in [2.45, 2.75) is 57.4 Å². The number of rotatable bonds is 4.